The molecule has 0 aromatic heterocycles. The van der Waals surface area contributed by atoms with Gasteiger partial charge in [0, 0.05) is 0 Å². The molecule has 0 aliphatic rings. The van der Waals surface area contributed by atoms with Crippen LogP contribution in [0.25, 0.3) is 0 Å². The first kappa shape index (κ1) is 12.0. The molecule has 1 rings (SSSR count). The van der Waals surface area contributed by atoms with Crippen molar-refractivity contribution in [2.75, 3.05) is 5.75 Å². The standard InChI is InChI=1S/C11H16O3S/c1-9(2)7-8-15(13,14)11-5-3-10(12)4-6-11/h3-6,9,12H,7-8H2,1-2H3. The van der Waals surface area contributed by atoms with Crippen LogP contribution in [-0.4, -0.2) is 19.3 Å². The average Bonchev–Trinajstić information content (AvgIpc) is 2.16. The third-order valence-corrected chi connectivity index (χ3v) is 3.92. The Kier molecular flexibility index (Phi) is 3.74. The molecule has 0 atom stereocenters. The highest BCUT2D eigenvalue weighted by Gasteiger charge is 2.14. The zero-order chi connectivity index (χ0) is 11.5. The van der Waals surface area contributed by atoms with Gasteiger partial charge in [0.1, 0.15) is 5.75 Å². The van der Waals surface area contributed by atoms with Gasteiger partial charge in [-0.15, -0.1) is 0 Å². The highest BCUT2D eigenvalue weighted by Crippen LogP contribution is 2.17. The predicted molar refractivity (Wildman–Crippen MR) is 59.6 cm³/mol. The molecule has 0 fully saturated rings. The Morgan fingerprint density at radius 2 is 1.73 bits per heavy atom. The lowest BCUT2D eigenvalue weighted by Crippen LogP contribution is -2.08. The molecular weight excluding hydrogens is 212 g/mol. The molecule has 0 spiro atoms. The molecule has 0 amide bonds. The van der Waals surface area contributed by atoms with Crippen LogP contribution in [0.4, 0.5) is 0 Å². The highest BCUT2D eigenvalue weighted by molar-refractivity contribution is 7.91. The van der Waals surface area contributed by atoms with Crippen molar-refractivity contribution in [3.05, 3.63) is 24.3 Å². The first-order valence-corrected chi connectivity index (χ1v) is 6.59. The molecule has 1 aromatic carbocycles. The molecule has 0 unspecified atom stereocenters. The summed E-state index contributed by atoms with van der Waals surface area (Å²) in [5.41, 5.74) is 0. The summed E-state index contributed by atoms with van der Waals surface area (Å²) in [7, 11) is -3.18. The lowest BCUT2D eigenvalue weighted by atomic mass is 10.2. The molecule has 4 heteroatoms. The van der Waals surface area contributed by atoms with Crippen LogP contribution in [0.5, 0.6) is 5.75 Å². The summed E-state index contributed by atoms with van der Waals surface area (Å²) in [6.07, 6.45) is 0.656. The van der Waals surface area contributed by atoms with E-state index in [1.165, 1.54) is 24.3 Å². The Labute approximate surface area is 90.7 Å². The molecule has 3 nitrogen and oxygen atoms in total. The molecule has 1 aromatic rings. The number of phenols is 1. The van der Waals surface area contributed by atoms with Crippen LogP contribution < -0.4 is 0 Å². The minimum absolute atomic E-state index is 0.0813. The number of phenolic OH excluding ortho intramolecular Hbond substituents is 1. The van der Waals surface area contributed by atoms with Gasteiger partial charge in [-0.2, -0.15) is 0 Å². The molecule has 0 heterocycles. The van der Waals surface area contributed by atoms with Crippen molar-refractivity contribution in [1.82, 2.24) is 0 Å². The topological polar surface area (TPSA) is 54.4 Å². The number of hydrogen-bond donors (Lipinski definition) is 1. The van der Waals surface area contributed by atoms with E-state index in [2.05, 4.69) is 0 Å². The van der Waals surface area contributed by atoms with Crippen molar-refractivity contribution in [3.8, 4) is 5.75 Å². The van der Waals surface area contributed by atoms with Gasteiger partial charge in [-0.25, -0.2) is 8.42 Å². The van der Waals surface area contributed by atoms with Crippen molar-refractivity contribution >= 4 is 9.84 Å². The van der Waals surface area contributed by atoms with Gasteiger partial charge in [-0.05, 0) is 36.6 Å². The van der Waals surface area contributed by atoms with Crippen molar-refractivity contribution in [2.45, 2.75) is 25.2 Å². The van der Waals surface area contributed by atoms with Gasteiger partial charge in [-0.3, -0.25) is 0 Å². The van der Waals surface area contributed by atoms with Crippen molar-refractivity contribution in [3.63, 3.8) is 0 Å². The monoisotopic (exact) mass is 228 g/mol. The Hall–Kier alpha value is -1.03. The van der Waals surface area contributed by atoms with Crippen LogP contribution in [0.2, 0.25) is 0 Å². The number of benzene rings is 1. The SMILES string of the molecule is CC(C)CCS(=O)(=O)c1ccc(O)cc1. The van der Waals surface area contributed by atoms with Crippen LogP contribution in [0, 0.1) is 5.92 Å². The Morgan fingerprint density at radius 3 is 2.20 bits per heavy atom. The van der Waals surface area contributed by atoms with Crippen molar-refractivity contribution in [1.29, 1.82) is 0 Å². The zero-order valence-electron chi connectivity index (χ0n) is 8.97. The molecule has 0 radical (unpaired) electrons. The van der Waals surface area contributed by atoms with E-state index in [0.29, 0.717) is 12.3 Å². The lowest BCUT2D eigenvalue weighted by molar-refractivity contribution is 0.474. The van der Waals surface area contributed by atoms with E-state index in [1.807, 2.05) is 13.8 Å². The van der Waals surface area contributed by atoms with E-state index in [-0.39, 0.29) is 16.4 Å². The largest absolute Gasteiger partial charge is 0.508 e. The molecule has 0 bridgehead atoms. The third-order valence-electron chi connectivity index (χ3n) is 2.16. The summed E-state index contributed by atoms with van der Waals surface area (Å²) in [4.78, 5) is 0.279. The minimum atomic E-state index is -3.18. The second kappa shape index (κ2) is 4.66. The van der Waals surface area contributed by atoms with Gasteiger partial charge in [0.25, 0.3) is 0 Å². The van der Waals surface area contributed by atoms with E-state index in [4.69, 9.17) is 5.11 Å². The first-order valence-electron chi connectivity index (χ1n) is 4.93. The van der Waals surface area contributed by atoms with E-state index in [0.717, 1.165) is 0 Å². The first-order chi connectivity index (χ1) is 6.92. The Morgan fingerprint density at radius 1 is 1.20 bits per heavy atom. The van der Waals surface area contributed by atoms with Gasteiger partial charge in [0.2, 0.25) is 0 Å². The average molecular weight is 228 g/mol. The second-order valence-corrected chi connectivity index (χ2v) is 6.10. The van der Waals surface area contributed by atoms with E-state index in [9.17, 15) is 8.42 Å². The maximum atomic E-state index is 11.8. The molecule has 0 saturated heterocycles. The maximum absolute atomic E-state index is 11.8. The normalized spacial score (nSPS) is 11.9. The van der Waals surface area contributed by atoms with Crippen molar-refractivity contribution in [2.24, 2.45) is 5.92 Å². The fourth-order valence-corrected chi connectivity index (χ4v) is 2.73. The van der Waals surface area contributed by atoms with E-state index >= 15 is 0 Å². The number of hydrogen-bond acceptors (Lipinski definition) is 3. The fourth-order valence-electron chi connectivity index (χ4n) is 1.16. The number of rotatable bonds is 4. The Bertz CT molecular complexity index is 404. The van der Waals surface area contributed by atoms with E-state index < -0.39 is 9.84 Å². The van der Waals surface area contributed by atoms with Crippen LogP contribution in [0.3, 0.4) is 0 Å². The quantitative estimate of drug-likeness (QED) is 0.859. The third kappa shape index (κ3) is 3.55. The Balaban J connectivity index is 2.82. The molecule has 1 N–H and O–H groups in total. The molecule has 0 aliphatic carbocycles. The van der Waals surface area contributed by atoms with Crippen LogP contribution >= 0.6 is 0 Å². The minimum Gasteiger partial charge on any atom is -0.508 e. The van der Waals surface area contributed by atoms with Gasteiger partial charge in [0.05, 0.1) is 10.6 Å². The van der Waals surface area contributed by atoms with Gasteiger partial charge < -0.3 is 5.11 Å². The molecular formula is C11H16O3S. The van der Waals surface area contributed by atoms with Crippen LogP contribution in [0.1, 0.15) is 20.3 Å². The summed E-state index contributed by atoms with van der Waals surface area (Å²) in [5.74, 6) is 0.616. The van der Waals surface area contributed by atoms with Crippen LogP contribution in [0.15, 0.2) is 29.2 Å². The predicted octanol–water partition coefficient (Wildman–Crippen LogP) is 2.21. The summed E-state index contributed by atoms with van der Waals surface area (Å²) in [6.45, 7) is 3.98. The fraction of sp³-hybridized carbons (Fsp3) is 0.455. The molecule has 15 heavy (non-hydrogen) atoms. The number of aromatic hydroxyl groups is 1. The van der Waals surface area contributed by atoms with E-state index in [1.54, 1.807) is 0 Å². The van der Waals surface area contributed by atoms with Gasteiger partial charge in [-0.1, -0.05) is 13.8 Å². The summed E-state index contributed by atoms with van der Waals surface area (Å²) >= 11 is 0. The molecule has 0 saturated carbocycles. The van der Waals surface area contributed by atoms with Gasteiger partial charge in [0.15, 0.2) is 9.84 Å². The maximum Gasteiger partial charge on any atom is 0.178 e. The summed E-state index contributed by atoms with van der Waals surface area (Å²) in [6, 6.07) is 5.65. The number of sulfone groups is 1. The second-order valence-electron chi connectivity index (χ2n) is 4.00. The zero-order valence-corrected chi connectivity index (χ0v) is 9.79. The molecule has 84 valence electrons. The lowest BCUT2D eigenvalue weighted by Gasteiger charge is -2.06. The smallest absolute Gasteiger partial charge is 0.178 e. The highest BCUT2D eigenvalue weighted by atomic mass is 32.2. The van der Waals surface area contributed by atoms with Gasteiger partial charge >= 0.3 is 0 Å². The van der Waals surface area contributed by atoms with Crippen molar-refractivity contribution < 1.29 is 13.5 Å². The summed E-state index contributed by atoms with van der Waals surface area (Å²) < 4.78 is 23.5. The molecule has 0 aliphatic heterocycles. The van der Waals surface area contributed by atoms with Crippen LogP contribution in [-0.2, 0) is 9.84 Å². The summed E-state index contributed by atoms with van der Waals surface area (Å²) in [5, 5.41) is 9.05.